The number of alkyl halides is 3. The molecule has 6 heteroatoms. The van der Waals surface area contributed by atoms with Crippen molar-refractivity contribution < 1.29 is 23.0 Å². The molecule has 1 heterocycles. The van der Waals surface area contributed by atoms with Gasteiger partial charge in [0, 0.05) is 5.56 Å². The van der Waals surface area contributed by atoms with Crippen molar-refractivity contribution in [2.45, 2.75) is 4.83 Å². The molecule has 1 aliphatic rings. The van der Waals surface area contributed by atoms with Crippen molar-refractivity contribution in [1.29, 1.82) is 0 Å². The number of fused-ring (bicyclic) bond motifs is 1. The number of ketones is 1. The summed E-state index contributed by atoms with van der Waals surface area (Å²) in [7, 11) is 0. The largest absolute Gasteiger partial charge is 0.486 e. The number of hydrogen-bond acceptors (Lipinski definition) is 3. The van der Waals surface area contributed by atoms with Crippen LogP contribution in [0.2, 0.25) is 0 Å². The Morgan fingerprint density at radius 3 is 2.50 bits per heavy atom. The fraction of sp³-hybridized carbons (Fsp3) is 0.300. The van der Waals surface area contributed by atoms with Crippen LogP contribution in [0.25, 0.3) is 0 Å². The van der Waals surface area contributed by atoms with Crippen molar-refractivity contribution in [2.75, 3.05) is 13.2 Å². The monoisotopic (exact) mass is 292 g/mol. The van der Waals surface area contributed by atoms with Gasteiger partial charge in [0.05, 0.1) is 0 Å². The molecule has 0 fully saturated rings. The Balaban J connectivity index is 2.34. The van der Waals surface area contributed by atoms with Crippen LogP contribution in [-0.2, 0) is 0 Å². The van der Waals surface area contributed by atoms with Crippen molar-refractivity contribution in [3.05, 3.63) is 23.8 Å². The second-order valence-corrected chi connectivity index (χ2v) is 4.18. The van der Waals surface area contributed by atoms with Crippen LogP contribution in [0.5, 0.6) is 11.5 Å². The van der Waals surface area contributed by atoms with Crippen molar-refractivity contribution in [1.82, 2.24) is 0 Å². The van der Waals surface area contributed by atoms with Gasteiger partial charge >= 0.3 is 4.83 Å². The van der Waals surface area contributed by atoms with E-state index in [0.29, 0.717) is 24.7 Å². The lowest BCUT2D eigenvalue weighted by Gasteiger charge is -2.19. The third-order valence-corrected chi connectivity index (χ3v) is 2.42. The van der Waals surface area contributed by atoms with Gasteiger partial charge in [-0.3, -0.25) is 4.79 Å². The molecule has 1 aromatic carbocycles. The molecular formula is C10H7BrF2O3. The fourth-order valence-electron chi connectivity index (χ4n) is 1.35. The predicted molar refractivity (Wildman–Crippen MR) is 55.6 cm³/mol. The molecule has 0 spiro atoms. The zero-order valence-electron chi connectivity index (χ0n) is 8.00. The third kappa shape index (κ3) is 2.16. The fourth-order valence-corrected chi connectivity index (χ4v) is 1.58. The number of hydrogen-bond donors (Lipinski definition) is 0. The van der Waals surface area contributed by atoms with E-state index in [1.807, 2.05) is 15.9 Å². The molecule has 0 unspecified atom stereocenters. The number of carbonyl (C=O) groups excluding carboxylic acids is 1. The first-order valence-electron chi connectivity index (χ1n) is 4.49. The normalized spacial score (nSPS) is 14.7. The lowest BCUT2D eigenvalue weighted by atomic mass is 10.1. The van der Waals surface area contributed by atoms with Gasteiger partial charge in [0.1, 0.15) is 13.2 Å². The lowest BCUT2D eigenvalue weighted by molar-refractivity contribution is 0.0591. The summed E-state index contributed by atoms with van der Waals surface area (Å²) in [4.78, 5) is 7.70. The molecule has 3 nitrogen and oxygen atoms in total. The van der Waals surface area contributed by atoms with Gasteiger partial charge in [-0.05, 0) is 34.1 Å². The third-order valence-electron chi connectivity index (χ3n) is 2.06. The summed E-state index contributed by atoms with van der Waals surface area (Å²) in [6.07, 6.45) is 0. The van der Waals surface area contributed by atoms with E-state index in [1.165, 1.54) is 18.2 Å². The van der Waals surface area contributed by atoms with Crippen LogP contribution >= 0.6 is 15.9 Å². The van der Waals surface area contributed by atoms with Crippen LogP contribution in [-0.4, -0.2) is 23.8 Å². The van der Waals surface area contributed by atoms with E-state index >= 15 is 0 Å². The van der Waals surface area contributed by atoms with Crippen LogP contribution in [0.1, 0.15) is 10.4 Å². The quantitative estimate of drug-likeness (QED) is 0.621. The molecule has 0 atom stereocenters. The average Bonchev–Trinajstić information content (AvgIpc) is 2.26. The average molecular weight is 293 g/mol. The SMILES string of the molecule is O=C(c1ccc2c(c1)OCCO2)C(F)(F)Br. The first-order chi connectivity index (χ1) is 7.48. The van der Waals surface area contributed by atoms with Crippen LogP contribution in [0.15, 0.2) is 18.2 Å². The Bertz CT molecular complexity index is 429. The van der Waals surface area contributed by atoms with Gasteiger partial charge in [-0.25, -0.2) is 0 Å². The minimum atomic E-state index is -3.56. The summed E-state index contributed by atoms with van der Waals surface area (Å²) in [5, 5.41) is 0. The second-order valence-electron chi connectivity index (χ2n) is 3.19. The second kappa shape index (κ2) is 4.01. The van der Waals surface area contributed by atoms with E-state index in [0.717, 1.165) is 0 Å². The Kier molecular flexibility index (Phi) is 2.84. The molecule has 0 amide bonds. The maximum Gasteiger partial charge on any atom is 0.363 e. The molecule has 1 aliphatic heterocycles. The summed E-state index contributed by atoms with van der Waals surface area (Å²) < 4.78 is 35.9. The van der Waals surface area contributed by atoms with Crippen LogP contribution in [0.3, 0.4) is 0 Å². The summed E-state index contributed by atoms with van der Waals surface area (Å²) in [5.41, 5.74) is -0.119. The smallest absolute Gasteiger partial charge is 0.363 e. The zero-order valence-corrected chi connectivity index (χ0v) is 9.59. The topological polar surface area (TPSA) is 35.5 Å². The number of Topliss-reactive ketones (excluding diaryl/α,β-unsaturated/α-hetero) is 1. The van der Waals surface area contributed by atoms with Crippen LogP contribution < -0.4 is 9.47 Å². The first kappa shape index (κ1) is 11.3. The molecule has 0 bridgehead atoms. The summed E-state index contributed by atoms with van der Waals surface area (Å²) in [6, 6.07) is 3.98. The molecule has 0 saturated carbocycles. The number of carbonyl (C=O) groups is 1. The molecule has 0 saturated heterocycles. The zero-order chi connectivity index (χ0) is 11.8. The molecule has 1 aromatic rings. The Morgan fingerprint density at radius 1 is 1.25 bits per heavy atom. The molecule has 2 rings (SSSR count). The Labute approximate surface area is 98.5 Å². The number of rotatable bonds is 2. The Morgan fingerprint density at radius 2 is 1.88 bits per heavy atom. The molecule has 0 N–H and O–H groups in total. The van der Waals surface area contributed by atoms with Gasteiger partial charge in [-0.2, -0.15) is 8.78 Å². The van der Waals surface area contributed by atoms with Gasteiger partial charge in [0.2, 0.25) is 5.78 Å². The van der Waals surface area contributed by atoms with Crippen LogP contribution in [0.4, 0.5) is 8.78 Å². The highest BCUT2D eigenvalue weighted by Crippen LogP contribution is 2.34. The van der Waals surface area contributed by atoms with E-state index in [9.17, 15) is 13.6 Å². The van der Waals surface area contributed by atoms with Gasteiger partial charge in [0.25, 0.3) is 0 Å². The highest BCUT2D eigenvalue weighted by molar-refractivity contribution is 9.10. The van der Waals surface area contributed by atoms with Crippen molar-refractivity contribution in [3.63, 3.8) is 0 Å². The van der Waals surface area contributed by atoms with Gasteiger partial charge in [0.15, 0.2) is 11.5 Å². The van der Waals surface area contributed by atoms with Gasteiger partial charge in [-0.15, -0.1) is 0 Å². The minimum Gasteiger partial charge on any atom is -0.486 e. The van der Waals surface area contributed by atoms with Crippen molar-refractivity contribution in [3.8, 4) is 11.5 Å². The number of halogens is 3. The van der Waals surface area contributed by atoms with Crippen molar-refractivity contribution >= 4 is 21.7 Å². The number of benzene rings is 1. The van der Waals surface area contributed by atoms with E-state index < -0.39 is 10.6 Å². The summed E-state index contributed by atoms with van der Waals surface area (Å²) in [6.45, 7) is 0.754. The first-order valence-corrected chi connectivity index (χ1v) is 5.29. The molecular weight excluding hydrogens is 286 g/mol. The molecule has 86 valence electrons. The van der Waals surface area contributed by atoms with Crippen LogP contribution in [0, 0.1) is 0 Å². The minimum absolute atomic E-state index is 0.119. The van der Waals surface area contributed by atoms with E-state index in [2.05, 4.69) is 0 Å². The van der Waals surface area contributed by atoms with E-state index in [1.54, 1.807) is 0 Å². The Hall–Kier alpha value is -1.17. The van der Waals surface area contributed by atoms with Gasteiger partial charge in [-0.1, -0.05) is 0 Å². The maximum absolute atomic E-state index is 12.7. The molecule has 0 aliphatic carbocycles. The predicted octanol–water partition coefficient (Wildman–Crippen LogP) is 2.63. The standard InChI is InChI=1S/C10H7BrF2O3/c11-10(12,13)9(14)6-1-2-7-8(5-6)16-4-3-15-7/h1-2,5H,3-4H2. The highest BCUT2D eigenvalue weighted by Gasteiger charge is 2.36. The molecule has 0 aromatic heterocycles. The maximum atomic E-state index is 12.7. The highest BCUT2D eigenvalue weighted by atomic mass is 79.9. The summed E-state index contributed by atoms with van der Waals surface area (Å²) >= 11 is 2.02. The summed E-state index contributed by atoms with van der Waals surface area (Å²) in [5.74, 6) is -0.529. The molecule has 0 radical (unpaired) electrons. The number of ether oxygens (including phenoxy) is 2. The van der Waals surface area contributed by atoms with Gasteiger partial charge < -0.3 is 9.47 Å². The van der Waals surface area contributed by atoms with Crippen molar-refractivity contribution in [2.24, 2.45) is 0 Å². The van der Waals surface area contributed by atoms with E-state index in [-0.39, 0.29) is 5.56 Å². The van der Waals surface area contributed by atoms with E-state index in [4.69, 9.17) is 9.47 Å². The molecule has 16 heavy (non-hydrogen) atoms. The lowest BCUT2D eigenvalue weighted by Crippen LogP contribution is -2.21.